The van der Waals surface area contributed by atoms with Crippen LogP contribution in [0.2, 0.25) is 0 Å². The second kappa shape index (κ2) is 10.0. The Morgan fingerprint density at radius 1 is 1.06 bits per heavy atom. The molecule has 0 spiro atoms. The quantitative estimate of drug-likeness (QED) is 0.544. The molecule has 2 amide bonds. The van der Waals surface area contributed by atoms with Crippen molar-refractivity contribution in [2.45, 2.75) is 62.4 Å². The van der Waals surface area contributed by atoms with Gasteiger partial charge in [0.2, 0.25) is 0 Å². The minimum Gasteiger partial charge on any atom is -0.493 e. The van der Waals surface area contributed by atoms with Gasteiger partial charge in [0.05, 0.1) is 14.2 Å². The molecule has 2 aromatic rings. The van der Waals surface area contributed by atoms with Gasteiger partial charge in [-0.1, -0.05) is 19.4 Å². The predicted octanol–water partition coefficient (Wildman–Crippen LogP) is 5.47. The van der Waals surface area contributed by atoms with Crippen LogP contribution in [0.15, 0.2) is 36.4 Å². The maximum Gasteiger partial charge on any atom is 0.319 e. The summed E-state index contributed by atoms with van der Waals surface area (Å²) in [6, 6.07) is 9.42. The number of hydrogen-bond acceptors (Lipinski definition) is 4. The van der Waals surface area contributed by atoms with Crippen LogP contribution in [0.5, 0.6) is 11.5 Å². The van der Waals surface area contributed by atoms with Gasteiger partial charge in [-0.05, 0) is 75.5 Å². The lowest BCUT2D eigenvalue weighted by molar-refractivity contribution is 0.0976. The maximum absolute atomic E-state index is 13.6. The van der Waals surface area contributed by atoms with Crippen LogP contribution in [0, 0.1) is 11.6 Å². The largest absolute Gasteiger partial charge is 0.493 e. The molecular weight excluding hydrogens is 452 g/mol. The molecule has 4 rings (SSSR count). The lowest BCUT2D eigenvalue weighted by Gasteiger charge is -2.50. The number of hydrogen-bond donors (Lipinski definition) is 2. The zero-order valence-electron chi connectivity index (χ0n) is 20.9. The Morgan fingerprint density at radius 3 is 2.51 bits per heavy atom. The van der Waals surface area contributed by atoms with Crippen LogP contribution in [-0.2, 0) is 5.41 Å². The molecule has 2 N–H and O–H groups in total. The van der Waals surface area contributed by atoms with Gasteiger partial charge in [0, 0.05) is 28.7 Å². The number of likely N-dealkylation sites (N-methyl/N-ethyl adjacent to an activating group) is 1. The molecule has 3 unspecified atom stereocenters. The van der Waals surface area contributed by atoms with Crippen molar-refractivity contribution in [3.63, 3.8) is 0 Å². The fraction of sp³-hybridized carbons (Fsp3) is 0.519. The number of ether oxygens (including phenoxy) is 2. The third-order valence-corrected chi connectivity index (χ3v) is 7.96. The monoisotopic (exact) mass is 487 g/mol. The number of likely N-dealkylation sites (tertiary alicyclic amines) is 1. The number of carbonyl (C=O) groups excluding carboxylic acids is 1. The molecule has 1 aliphatic carbocycles. The van der Waals surface area contributed by atoms with Crippen molar-refractivity contribution in [2.75, 3.05) is 33.1 Å². The third kappa shape index (κ3) is 4.81. The van der Waals surface area contributed by atoms with Gasteiger partial charge in [-0.3, -0.25) is 0 Å². The third-order valence-electron chi connectivity index (χ3n) is 7.96. The van der Waals surface area contributed by atoms with Gasteiger partial charge >= 0.3 is 6.03 Å². The van der Waals surface area contributed by atoms with E-state index in [0.29, 0.717) is 5.75 Å². The topological polar surface area (TPSA) is 62.8 Å². The van der Waals surface area contributed by atoms with E-state index in [0.717, 1.165) is 63.0 Å². The number of anilines is 1. The summed E-state index contributed by atoms with van der Waals surface area (Å²) in [5.41, 5.74) is 1.03. The molecule has 190 valence electrons. The highest BCUT2D eigenvalue weighted by Gasteiger charge is 2.54. The van der Waals surface area contributed by atoms with Crippen molar-refractivity contribution in [3.05, 3.63) is 53.6 Å². The summed E-state index contributed by atoms with van der Waals surface area (Å²) in [5.74, 6) is -0.498. The first-order valence-electron chi connectivity index (χ1n) is 12.2. The smallest absolute Gasteiger partial charge is 0.319 e. The van der Waals surface area contributed by atoms with Crippen LogP contribution < -0.4 is 20.1 Å². The molecule has 2 fully saturated rings. The highest BCUT2D eigenvalue weighted by atomic mass is 19.2. The average molecular weight is 488 g/mol. The highest BCUT2D eigenvalue weighted by molar-refractivity contribution is 5.89. The highest BCUT2D eigenvalue weighted by Crippen LogP contribution is 2.53. The van der Waals surface area contributed by atoms with E-state index in [1.165, 1.54) is 11.6 Å². The van der Waals surface area contributed by atoms with E-state index in [2.05, 4.69) is 41.6 Å². The molecule has 1 heterocycles. The zero-order chi connectivity index (χ0) is 25.2. The van der Waals surface area contributed by atoms with Crippen molar-refractivity contribution in [2.24, 2.45) is 0 Å². The van der Waals surface area contributed by atoms with Gasteiger partial charge < -0.3 is 25.0 Å². The molecule has 3 atom stereocenters. The summed E-state index contributed by atoms with van der Waals surface area (Å²) >= 11 is 0. The average Bonchev–Trinajstić information content (AvgIpc) is 3.17. The molecule has 2 aromatic carbocycles. The summed E-state index contributed by atoms with van der Waals surface area (Å²) in [5, 5.41) is 5.90. The Morgan fingerprint density at radius 2 is 1.83 bits per heavy atom. The Hall–Kier alpha value is -2.87. The van der Waals surface area contributed by atoms with Gasteiger partial charge in [0.1, 0.15) is 0 Å². The van der Waals surface area contributed by atoms with Crippen LogP contribution >= 0.6 is 0 Å². The van der Waals surface area contributed by atoms with Gasteiger partial charge in [0.15, 0.2) is 23.1 Å². The Bertz CT molecular complexity index is 1080. The second-order valence-corrected chi connectivity index (χ2v) is 9.91. The summed E-state index contributed by atoms with van der Waals surface area (Å²) in [7, 11) is 5.44. The molecular formula is C27H35F2N3O3. The number of carbonyl (C=O) groups is 1. The summed E-state index contributed by atoms with van der Waals surface area (Å²) in [6.07, 6.45) is 5.34. The number of benzene rings is 2. The van der Waals surface area contributed by atoms with Gasteiger partial charge in [-0.25, -0.2) is 13.6 Å². The molecule has 6 nitrogen and oxygen atoms in total. The van der Waals surface area contributed by atoms with E-state index in [9.17, 15) is 13.6 Å². The Labute approximate surface area is 206 Å². The second-order valence-electron chi connectivity index (χ2n) is 9.91. The standard InChI is InChI=1S/C27H35F2N3O3/c1-5-10-26(31-25(33)30-19-7-8-20(28)21(29)16-19)11-12-27(13-14-32(2)24(27)17-26)18-6-9-22(34-3)23(15-18)35-4/h6-9,15-16,24H,5,10-14,17H2,1-4H3,(H2,30,31,33). The molecule has 1 saturated carbocycles. The van der Waals surface area contributed by atoms with Crippen molar-refractivity contribution < 1.29 is 23.0 Å². The SMILES string of the molecule is CCCC1(NC(=O)Nc2ccc(F)c(F)c2)CCC2(c3ccc(OC)c(OC)c3)CCN(C)C2C1. The number of methoxy groups -OCH3 is 2. The van der Waals surface area contributed by atoms with Crippen LogP contribution in [0.3, 0.4) is 0 Å². The molecule has 1 aliphatic heterocycles. The summed E-state index contributed by atoms with van der Waals surface area (Å²) < 4.78 is 37.9. The summed E-state index contributed by atoms with van der Waals surface area (Å²) in [6.45, 7) is 3.09. The molecule has 0 radical (unpaired) electrons. The van der Waals surface area contributed by atoms with Gasteiger partial charge in [-0.15, -0.1) is 0 Å². The number of nitrogens with zero attached hydrogens (tertiary/aromatic N) is 1. The lowest BCUT2D eigenvalue weighted by Crippen LogP contribution is -2.60. The van der Waals surface area contributed by atoms with E-state index < -0.39 is 17.7 Å². The Kier molecular flexibility index (Phi) is 7.22. The molecule has 2 aliphatic rings. The molecule has 1 saturated heterocycles. The van der Waals surface area contributed by atoms with Crippen LogP contribution in [0.1, 0.15) is 51.0 Å². The molecule has 0 aromatic heterocycles. The van der Waals surface area contributed by atoms with E-state index in [4.69, 9.17) is 9.47 Å². The van der Waals surface area contributed by atoms with Crippen molar-refractivity contribution in [3.8, 4) is 11.5 Å². The lowest BCUT2D eigenvalue weighted by atomic mass is 9.60. The Balaban J connectivity index is 1.58. The van der Waals surface area contributed by atoms with Crippen molar-refractivity contribution in [1.82, 2.24) is 10.2 Å². The van der Waals surface area contributed by atoms with E-state index in [1.807, 2.05) is 6.07 Å². The predicted molar refractivity (Wildman–Crippen MR) is 132 cm³/mol. The molecule has 8 heteroatoms. The van der Waals surface area contributed by atoms with Crippen LogP contribution in [0.4, 0.5) is 19.3 Å². The maximum atomic E-state index is 13.6. The van der Waals surface area contributed by atoms with Crippen LogP contribution in [-0.4, -0.2) is 50.3 Å². The fourth-order valence-electron chi connectivity index (χ4n) is 6.18. The normalized spacial score (nSPS) is 26.2. The van der Waals surface area contributed by atoms with Crippen molar-refractivity contribution >= 4 is 11.7 Å². The van der Waals surface area contributed by atoms with Crippen LogP contribution in [0.25, 0.3) is 0 Å². The minimum atomic E-state index is -0.990. The molecule has 35 heavy (non-hydrogen) atoms. The molecule has 0 bridgehead atoms. The van der Waals surface area contributed by atoms with Gasteiger partial charge in [-0.2, -0.15) is 0 Å². The number of fused-ring (bicyclic) bond motifs is 1. The number of amides is 2. The first kappa shape index (κ1) is 25.2. The first-order valence-corrected chi connectivity index (χ1v) is 12.2. The fourth-order valence-corrected chi connectivity index (χ4v) is 6.18. The van der Waals surface area contributed by atoms with E-state index in [1.54, 1.807) is 14.2 Å². The first-order chi connectivity index (χ1) is 16.8. The minimum absolute atomic E-state index is 0.0379. The van der Waals surface area contributed by atoms with E-state index >= 15 is 0 Å². The number of urea groups is 1. The van der Waals surface area contributed by atoms with E-state index in [-0.39, 0.29) is 22.7 Å². The number of rotatable bonds is 7. The zero-order valence-corrected chi connectivity index (χ0v) is 20.9. The number of nitrogens with one attached hydrogen (secondary N) is 2. The number of halogens is 2. The summed E-state index contributed by atoms with van der Waals surface area (Å²) in [4.78, 5) is 15.4. The van der Waals surface area contributed by atoms with Gasteiger partial charge in [0.25, 0.3) is 0 Å². The van der Waals surface area contributed by atoms with Crippen molar-refractivity contribution in [1.29, 1.82) is 0 Å².